The van der Waals surface area contributed by atoms with Crippen LogP contribution in [0.4, 0.5) is 4.79 Å². The first kappa shape index (κ1) is 33.2. The molecule has 2 aromatic rings. The fourth-order valence-corrected chi connectivity index (χ4v) is 5.47. The highest BCUT2D eigenvalue weighted by Gasteiger charge is 2.33. The molecule has 1 aromatic heterocycles. The number of hydrogen-bond donors (Lipinski definition) is 4. The number of rotatable bonds is 13. The average molecular weight is 584 g/mol. The molecule has 1 aliphatic rings. The average Bonchev–Trinajstić information content (AvgIpc) is 3.46. The molecule has 0 bridgehead atoms. The van der Waals surface area contributed by atoms with Crippen LogP contribution in [-0.2, 0) is 20.7 Å². The molecular formula is C33H49N3O6. The first-order valence-corrected chi connectivity index (χ1v) is 15.3. The van der Waals surface area contributed by atoms with Crippen molar-refractivity contribution in [1.82, 2.24) is 16.0 Å². The first-order chi connectivity index (χ1) is 19.9. The second-order valence-electron chi connectivity index (χ2n) is 12.9. The molecule has 0 radical (unpaired) electrons. The largest absolute Gasteiger partial charge is 0.467 e. The maximum absolute atomic E-state index is 13.8. The van der Waals surface area contributed by atoms with E-state index < -0.39 is 41.8 Å². The molecule has 3 rings (SSSR count). The molecule has 1 aliphatic carbocycles. The van der Waals surface area contributed by atoms with Crippen molar-refractivity contribution in [3.63, 3.8) is 0 Å². The summed E-state index contributed by atoms with van der Waals surface area (Å²) in [4.78, 5) is 40.0. The van der Waals surface area contributed by atoms with Gasteiger partial charge in [-0.05, 0) is 63.1 Å². The van der Waals surface area contributed by atoms with Gasteiger partial charge in [0.15, 0.2) is 0 Å². The number of hydrogen-bond acceptors (Lipinski definition) is 6. The molecule has 3 amide bonds. The van der Waals surface area contributed by atoms with Crippen LogP contribution >= 0.6 is 0 Å². The van der Waals surface area contributed by atoms with Gasteiger partial charge in [0, 0.05) is 6.42 Å². The van der Waals surface area contributed by atoms with Gasteiger partial charge >= 0.3 is 6.09 Å². The van der Waals surface area contributed by atoms with E-state index >= 15 is 0 Å². The molecule has 4 atom stereocenters. The Morgan fingerprint density at radius 2 is 1.60 bits per heavy atom. The summed E-state index contributed by atoms with van der Waals surface area (Å²) in [6, 6.07) is 10.4. The molecule has 232 valence electrons. The topological polar surface area (TPSA) is 130 Å². The van der Waals surface area contributed by atoms with Crippen LogP contribution in [0.5, 0.6) is 0 Å². The van der Waals surface area contributed by atoms with Crippen molar-refractivity contribution in [3.05, 3.63) is 60.1 Å². The van der Waals surface area contributed by atoms with Crippen LogP contribution in [-0.4, -0.2) is 46.7 Å². The van der Waals surface area contributed by atoms with Crippen molar-refractivity contribution < 1.29 is 28.6 Å². The smallest absolute Gasteiger partial charge is 0.408 e. The third-order valence-corrected chi connectivity index (χ3v) is 7.49. The summed E-state index contributed by atoms with van der Waals surface area (Å²) >= 11 is 0. The van der Waals surface area contributed by atoms with Gasteiger partial charge in [0.2, 0.25) is 11.8 Å². The molecule has 1 heterocycles. The van der Waals surface area contributed by atoms with Crippen molar-refractivity contribution in [3.8, 4) is 0 Å². The molecule has 0 saturated heterocycles. The van der Waals surface area contributed by atoms with E-state index in [-0.39, 0.29) is 18.2 Å². The van der Waals surface area contributed by atoms with Gasteiger partial charge in [-0.1, -0.05) is 76.3 Å². The van der Waals surface area contributed by atoms with Crippen LogP contribution in [0.15, 0.2) is 53.1 Å². The van der Waals surface area contributed by atoms with Gasteiger partial charge in [0.25, 0.3) is 0 Å². The summed E-state index contributed by atoms with van der Waals surface area (Å²) in [5.41, 5.74) is 0.118. The Hall–Kier alpha value is -3.33. The number of ether oxygens (including phenoxy) is 1. The van der Waals surface area contributed by atoms with E-state index in [2.05, 4.69) is 16.0 Å². The molecule has 1 saturated carbocycles. The van der Waals surface area contributed by atoms with E-state index in [0.717, 1.165) is 31.2 Å². The van der Waals surface area contributed by atoms with Gasteiger partial charge in [-0.15, -0.1) is 0 Å². The molecule has 0 unspecified atom stereocenters. The Morgan fingerprint density at radius 1 is 0.929 bits per heavy atom. The molecule has 1 fully saturated rings. The van der Waals surface area contributed by atoms with Crippen molar-refractivity contribution in [2.75, 3.05) is 0 Å². The maximum Gasteiger partial charge on any atom is 0.408 e. The Balaban J connectivity index is 1.78. The zero-order valence-electron chi connectivity index (χ0n) is 25.7. The minimum absolute atomic E-state index is 0.0965. The summed E-state index contributed by atoms with van der Waals surface area (Å²) in [6.07, 6.45) is 6.61. The Bertz CT molecular complexity index is 1110. The highest BCUT2D eigenvalue weighted by molar-refractivity contribution is 5.91. The van der Waals surface area contributed by atoms with E-state index in [4.69, 9.17) is 9.15 Å². The summed E-state index contributed by atoms with van der Waals surface area (Å²) in [6.45, 7) is 9.21. The van der Waals surface area contributed by atoms with Gasteiger partial charge in [-0.25, -0.2) is 4.79 Å². The molecule has 0 aliphatic heterocycles. The molecule has 0 spiro atoms. The van der Waals surface area contributed by atoms with E-state index in [1.54, 1.807) is 32.9 Å². The van der Waals surface area contributed by atoms with Crippen LogP contribution in [0.1, 0.15) is 97.0 Å². The zero-order valence-corrected chi connectivity index (χ0v) is 25.7. The predicted molar refractivity (Wildman–Crippen MR) is 161 cm³/mol. The number of furan rings is 1. The number of alkyl carbamates (subject to hydrolysis) is 1. The van der Waals surface area contributed by atoms with Crippen molar-refractivity contribution in [2.45, 2.75) is 116 Å². The number of carbonyl (C=O) groups is 3. The summed E-state index contributed by atoms with van der Waals surface area (Å²) in [5.74, 6) is 0.0180. The van der Waals surface area contributed by atoms with Crippen molar-refractivity contribution >= 4 is 17.9 Å². The van der Waals surface area contributed by atoms with Crippen LogP contribution in [0.3, 0.4) is 0 Å². The number of amides is 3. The lowest BCUT2D eigenvalue weighted by Crippen LogP contribution is -2.56. The predicted octanol–water partition coefficient (Wildman–Crippen LogP) is 5.44. The van der Waals surface area contributed by atoms with Gasteiger partial charge in [0.05, 0.1) is 12.3 Å². The second-order valence-corrected chi connectivity index (χ2v) is 12.9. The monoisotopic (exact) mass is 583 g/mol. The molecule has 4 N–H and O–H groups in total. The third-order valence-electron chi connectivity index (χ3n) is 7.49. The summed E-state index contributed by atoms with van der Waals surface area (Å²) < 4.78 is 10.9. The standard InChI is InChI=1S/C33H49N3O6/c1-22(2)19-26(30(38)34-25(20-23-13-8-6-9-14-23)29(37)28-17-12-18-41-28)35-31(39)27(21-24-15-10-7-11-16-24)36-32(40)42-33(3,4)5/h7,10-12,15-18,22-23,25-27,29,37H,6,8-9,13-14,19-21H2,1-5H3,(H,34,38)(H,35,39)(H,36,40)/t25-,26+,27+,29+/m1/s1. The van der Waals surface area contributed by atoms with Crippen molar-refractivity contribution in [1.29, 1.82) is 0 Å². The van der Waals surface area contributed by atoms with E-state index in [1.165, 1.54) is 12.7 Å². The highest BCUT2D eigenvalue weighted by atomic mass is 16.6. The second kappa shape index (κ2) is 15.8. The normalized spacial score (nSPS) is 17.1. The molecule has 42 heavy (non-hydrogen) atoms. The summed E-state index contributed by atoms with van der Waals surface area (Å²) in [7, 11) is 0. The number of aliphatic hydroxyl groups excluding tert-OH is 1. The van der Waals surface area contributed by atoms with Gasteiger partial charge < -0.3 is 30.2 Å². The number of aliphatic hydroxyl groups is 1. The van der Waals surface area contributed by atoms with Crippen LogP contribution in [0.2, 0.25) is 0 Å². The fourth-order valence-electron chi connectivity index (χ4n) is 5.47. The lowest BCUT2D eigenvalue weighted by atomic mass is 9.83. The van der Waals surface area contributed by atoms with Crippen LogP contribution in [0, 0.1) is 11.8 Å². The lowest BCUT2D eigenvalue weighted by Gasteiger charge is -2.31. The fraction of sp³-hybridized carbons (Fsp3) is 0.606. The van der Waals surface area contributed by atoms with Gasteiger partial charge in [-0.2, -0.15) is 0 Å². The number of benzene rings is 1. The molecule has 9 nitrogen and oxygen atoms in total. The van der Waals surface area contributed by atoms with Crippen molar-refractivity contribution in [2.24, 2.45) is 11.8 Å². The van der Waals surface area contributed by atoms with Gasteiger partial charge in [-0.3, -0.25) is 9.59 Å². The summed E-state index contributed by atoms with van der Waals surface area (Å²) in [5, 5.41) is 19.8. The minimum Gasteiger partial charge on any atom is -0.467 e. The number of carbonyl (C=O) groups excluding carboxylic acids is 3. The SMILES string of the molecule is CC(C)C[C@H](NC(=O)[C@H](Cc1ccccc1)NC(=O)OC(C)(C)C)C(=O)N[C@H](CC1CCCCC1)[C@H](O)c1ccco1. The van der Waals surface area contributed by atoms with E-state index in [1.807, 2.05) is 44.2 Å². The van der Waals surface area contributed by atoms with Gasteiger partial charge in [0.1, 0.15) is 29.5 Å². The maximum atomic E-state index is 13.8. The zero-order chi connectivity index (χ0) is 30.7. The van der Waals surface area contributed by atoms with E-state index in [0.29, 0.717) is 24.5 Å². The first-order valence-electron chi connectivity index (χ1n) is 15.3. The third kappa shape index (κ3) is 11.2. The number of nitrogens with one attached hydrogen (secondary N) is 3. The highest BCUT2D eigenvalue weighted by Crippen LogP contribution is 2.31. The molecule has 9 heteroatoms. The quantitative estimate of drug-likeness (QED) is 0.249. The van der Waals surface area contributed by atoms with E-state index in [9.17, 15) is 19.5 Å². The Kier molecular flexibility index (Phi) is 12.5. The Labute approximate surface area is 250 Å². The molecule has 1 aromatic carbocycles. The van der Waals surface area contributed by atoms with Crippen LogP contribution < -0.4 is 16.0 Å². The molecular weight excluding hydrogens is 534 g/mol. The minimum atomic E-state index is -1.01. The Morgan fingerprint density at radius 3 is 2.19 bits per heavy atom. The van der Waals surface area contributed by atoms with Crippen LogP contribution in [0.25, 0.3) is 0 Å². The lowest BCUT2D eigenvalue weighted by molar-refractivity contribution is -0.131.